The molecular formula is C15H23N5O4S. The minimum atomic E-state index is -3.54. The Bertz CT molecular complexity index is 712. The van der Waals surface area contributed by atoms with E-state index in [4.69, 9.17) is 4.74 Å². The average Bonchev–Trinajstić information content (AvgIpc) is 3.04. The average molecular weight is 369 g/mol. The van der Waals surface area contributed by atoms with Gasteiger partial charge in [0.15, 0.2) is 0 Å². The fourth-order valence-corrected chi connectivity index (χ4v) is 4.38. The number of carbonyl (C=O) groups is 1. The van der Waals surface area contributed by atoms with E-state index in [9.17, 15) is 13.2 Å². The lowest BCUT2D eigenvalue weighted by atomic mass is 10.2. The van der Waals surface area contributed by atoms with Crippen LogP contribution in [0.5, 0.6) is 0 Å². The highest BCUT2D eigenvalue weighted by Crippen LogP contribution is 2.26. The second-order valence-corrected chi connectivity index (χ2v) is 8.40. The zero-order valence-corrected chi connectivity index (χ0v) is 15.1. The maximum atomic E-state index is 12.5. The number of carbonyl (C=O) groups excluding carboxylic acids is 1. The number of morpholine rings is 1. The van der Waals surface area contributed by atoms with Crippen LogP contribution in [-0.4, -0.2) is 85.4 Å². The van der Waals surface area contributed by atoms with Crippen molar-refractivity contribution in [3.8, 4) is 0 Å². The summed E-state index contributed by atoms with van der Waals surface area (Å²) >= 11 is 0. The summed E-state index contributed by atoms with van der Waals surface area (Å²) in [7, 11) is -0.524. The molecule has 0 aliphatic carbocycles. The van der Waals surface area contributed by atoms with Gasteiger partial charge in [-0.25, -0.2) is 4.79 Å². The first-order valence-corrected chi connectivity index (χ1v) is 9.52. The summed E-state index contributed by atoms with van der Waals surface area (Å²) in [6, 6.07) is 3.10. The maximum absolute atomic E-state index is 12.5. The van der Waals surface area contributed by atoms with Crippen LogP contribution < -0.4 is 5.32 Å². The van der Waals surface area contributed by atoms with Crippen molar-refractivity contribution >= 4 is 16.2 Å². The van der Waals surface area contributed by atoms with Gasteiger partial charge in [-0.2, -0.15) is 17.0 Å². The van der Waals surface area contributed by atoms with Gasteiger partial charge in [0.25, 0.3) is 10.2 Å². The zero-order valence-electron chi connectivity index (χ0n) is 14.3. The van der Waals surface area contributed by atoms with Crippen LogP contribution in [-0.2, 0) is 21.5 Å². The molecular weight excluding hydrogens is 346 g/mol. The van der Waals surface area contributed by atoms with Gasteiger partial charge in [-0.3, -0.25) is 4.98 Å². The number of hydrogen-bond donors (Lipinski definition) is 1. The number of nitrogens with one attached hydrogen (secondary N) is 1. The van der Waals surface area contributed by atoms with Gasteiger partial charge in [0, 0.05) is 46.1 Å². The Labute approximate surface area is 147 Å². The van der Waals surface area contributed by atoms with Crippen molar-refractivity contribution in [3.05, 3.63) is 30.1 Å². The summed E-state index contributed by atoms with van der Waals surface area (Å²) in [5.41, 5.74) is 0.903. The maximum Gasteiger partial charge on any atom is 0.317 e. The Morgan fingerprint density at radius 3 is 2.92 bits per heavy atom. The monoisotopic (exact) mass is 369 g/mol. The van der Waals surface area contributed by atoms with E-state index < -0.39 is 10.2 Å². The van der Waals surface area contributed by atoms with Gasteiger partial charge in [-0.1, -0.05) is 6.07 Å². The van der Waals surface area contributed by atoms with Crippen LogP contribution in [0.15, 0.2) is 24.5 Å². The summed E-state index contributed by atoms with van der Waals surface area (Å²) in [6.45, 7) is 1.70. The molecule has 10 heteroatoms. The Morgan fingerprint density at radius 2 is 2.24 bits per heavy atom. The summed E-state index contributed by atoms with van der Waals surface area (Å²) in [5.74, 6) is 0. The molecule has 0 radical (unpaired) electrons. The molecule has 2 aliphatic heterocycles. The summed E-state index contributed by atoms with van der Waals surface area (Å²) < 4.78 is 33.3. The zero-order chi connectivity index (χ0) is 18.0. The SMILES string of the molecule is CN(C)S(=O)(=O)N1CCO[C@@H]2CN(C(=O)NCc3cccnc3)C[C@@H]21. The quantitative estimate of drug-likeness (QED) is 0.771. The highest BCUT2D eigenvalue weighted by molar-refractivity contribution is 7.86. The van der Waals surface area contributed by atoms with Crippen LogP contribution in [0.1, 0.15) is 5.56 Å². The predicted molar refractivity (Wildman–Crippen MR) is 90.9 cm³/mol. The van der Waals surface area contributed by atoms with E-state index >= 15 is 0 Å². The number of amides is 2. The van der Waals surface area contributed by atoms with Crippen LogP contribution in [0, 0.1) is 0 Å². The highest BCUT2D eigenvalue weighted by atomic mass is 32.2. The minimum absolute atomic E-state index is 0.232. The number of aromatic nitrogens is 1. The van der Waals surface area contributed by atoms with Gasteiger partial charge in [0.05, 0.1) is 25.3 Å². The number of likely N-dealkylation sites (tertiary alicyclic amines) is 1. The first kappa shape index (κ1) is 18.1. The lowest BCUT2D eigenvalue weighted by Crippen LogP contribution is -2.56. The Kier molecular flexibility index (Phi) is 5.23. The van der Waals surface area contributed by atoms with Gasteiger partial charge in [-0.05, 0) is 11.6 Å². The fourth-order valence-electron chi connectivity index (χ4n) is 3.11. The van der Waals surface area contributed by atoms with Gasteiger partial charge in [-0.15, -0.1) is 0 Å². The third-order valence-electron chi connectivity index (χ3n) is 4.46. The smallest absolute Gasteiger partial charge is 0.317 e. The molecule has 2 amide bonds. The lowest BCUT2D eigenvalue weighted by Gasteiger charge is -2.36. The van der Waals surface area contributed by atoms with E-state index in [1.807, 2.05) is 12.1 Å². The molecule has 1 aromatic rings. The van der Waals surface area contributed by atoms with Crippen molar-refractivity contribution in [1.29, 1.82) is 0 Å². The molecule has 2 aliphatic rings. The second-order valence-electron chi connectivity index (χ2n) is 6.30. The Balaban J connectivity index is 1.64. The molecule has 2 fully saturated rings. The van der Waals surface area contributed by atoms with Gasteiger partial charge < -0.3 is 15.0 Å². The standard InChI is InChI=1S/C15H23N5O4S/c1-18(2)25(22,23)20-6-7-24-14-11-19(10-13(14)20)15(21)17-9-12-4-3-5-16-8-12/h3-5,8,13-14H,6-7,9-11H2,1-2H3,(H,17,21)/t13-,14+/m0/s1. The molecule has 0 aromatic carbocycles. The third-order valence-corrected chi connectivity index (χ3v) is 6.43. The molecule has 3 heterocycles. The fraction of sp³-hybridized carbons (Fsp3) is 0.600. The van der Waals surface area contributed by atoms with Crippen LogP contribution in [0.3, 0.4) is 0 Å². The molecule has 2 saturated heterocycles. The van der Waals surface area contributed by atoms with Gasteiger partial charge in [0.1, 0.15) is 0 Å². The molecule has 0 spiro atoms. The predicted octanol–water partition coefficient (Wildman–Crippen LogP) is -0.517. The van der Waals surface area contributed by atoms with Gasteiger partial charge >= 0.3 is 6.03 Å². The van der Waals surface area contributed by atoms with Crippen molar-refractivity contribution in [1.82, 2.24) is 23.8 Å². The number of rotatable bonds is 4. The molecule has 0 unspecified atom stereocenters. The number of fused-ring (bicyclic) bond motifs is 1. The molecule has 3 rings (SSSR count). The molecule has 25 heavy (non-hydrogen) atoms. The van der Waals surface area contributed by atoms with Crippen LogP contribution in [0.25, 0.3) is 0 Å². The molecule has 1 aromatic heterocycles. The lowest BCUT2D eigenvalue weighted by molar-refractivity contribution is -0.0172. The first-order chi connectivity index (χ1) is 11.9. The first-order valence-electron chi connectivity index (χ1n) is 8.12. The van der Waals surface area contributed by atoms with E-state index in [2.05, 4.69) is 10.3 Å². The third kappa shape index (κ3) is 3.76. The summed E-state index contributed by atoms with van der Waals surface area (Å²) in [4.78, 5) is 18.0. The second kappa shape index (κ2) is 7.24. The van der Waals surface area contributed by atoms with Crippen molar-refractivity contribution in [2.45, 2.75) is 18.7 Å². The number of pyridine rings is 1. The van der Waals surface area contributed by atoms with Crippen LogP contribution >= 0.6 is 0 Å². The number of nitrogens with zero attached hydrogens (tertiary/aromatic N) is 4. The van der Waals surface area contributed by atoms with E-state index in [1.165, 1.54) is 22.7 Å². The largest absolute Gasteiger partial charge is 0.373 e. The molecule has 0 bridgehead atoms. The number of urea groups is 1. The minimum Gasteiger partial charge on any atom is -0.373 e. The Morgan fingerprint density at radius 1 is 1.44 bits per heavy atom. The van der Waals surface area contributed by atoms with Crippen LogP contribution in [0.2, 0.25) is 0 Å². The number of ether oxygens (including phenoxy) is 1. The summed E-state index contributed by atoms with van der Waals surface area (Å²) in [5, 5.41) is 2.84. The highest BCUT2D eigenvalue weighted by Gasteiger charge is 2.46. The summed E-state index contributed by atoms with van der Waals surface area (Å²) in [6.07, 6.45) is 3.07. The Hall–Kier alpha value is -1.75. The van der Waals surface area contributed by atoms with Crippen molar-refractivity contribution < 1.29 is 17.9 Å². The molecule has 1 N–H and O–H groups in total. The van der Waals surface area contributed by atoms with Crippen LogP contribution in [0.4, 0.5) is 4.79 Å². The van der Waals surface area contributed by atoms with E-state index in [1.54, 1.807) is 17.3 Å². The molecule has 138 valence electrons. The van der Waals surface area contributed by atoms with E-state index in [0.29, 0.717) is 32.8 Å². The van der Waals surface area contributed by atoms with Gasteiger partial charge in [0.2, 0.25) is 0 Å². The molecule has 9 nitrogen and oxygen atoms in total. The van der Waals surface area contributed by atoms with E-state index in [-0.39, 0.29) is 18.2 Å². The topological polar surface area (TPSA) is 95.1 Å². The van der Waals surface area contributed by atoms with Crippen molar-refractivity contribution in [2.24, 2.45) is 0 Å². The van der Waals surface area contributed by atoms with Crippen molar-refractivity contribution in [2.75, 3.05) is 40.3 Å². The van der Waals surface area contributed by atoms with Crippen molar-refractivity contribution in [3.63, 3.8) is 0 Å². The molecule has 2 atom stereocenters. The number of hydrogen-bond acceptors (Lipinski definition) is 5. The molecule has 0 saturated carbocycles. The normalized spacial score (nSPS) is 24.4. The van der Waals surface area contributed by atoms with E-state index in [0.717, 1.165) is 5.56 Å².